The predicted octanol–water partition coefficient (Wildman–Crippen LogP) is 5.03. The van der Waals surface area contributed by atoms with Gasteiger partial charge in [0.25, 0.3) is 0 Å². The van der Waals surface area contributed by atoms with E-state index in [9.17, 15) is 4.79 Å². The van der Waals surface area contributed by atoms with Gasteiger partial charge < -0.3 is 10.1 Å². The van der Waals surface area contributed by atoms with E-state index in [1.807, 2.05) is 73.7 Å². The van der Waals surface area contributed by atoms with Crippen molar-refractivity contribution in [3.63, 3.8) is 0 Å². The van der Waals surface area contributed by atoms with Crippen molar-refractivity contribution in [1.29, 1.82) is 0 Å². The van der Waals surface area contributed by atoms with Crippen LogP contribution in [0, 0.1) is 0 Å². The van der Waals surface area contributed by atoms with Gasteiger partial charge in [-0.2, -0.15) is 0 Å². The van der Waals surface area contributed by atoms with Crippen molar-refractivity contribution in [3.05, 3.63) is 83.9 Å². The normalized spacial score (nSPS) is 15.7. The van der Waals surface area contributed by atoms with E-state index in [0.29, 0.717) is 11.6 Å². The number of anilines is 1. The van der Waals surface area contributed by atoms with Crippen LogP contribution in [0.4, 0.5) is 5.69 Å². The summed E-state index contributed by atoms with van der Waals surface area (Å²) in [4.78, 5) is 17.7. The maximum Gasteiger partial charge on any atom is 0.241 e. The maximum atomic E-state index is 13.0. The lowest BCUT2D eigenvalue weighted by molar-refractivity contribution is -0.121. The molecule has 172 valence electrons. The number of carbonyl (C=O) groups excluding carboxylic acids is 1. The van der Waals surface area contributed by atoms with Gasteiger partial charge in [-0.1, -0.05) is 60.1 Å². The first kappa shape index (κ1) is 23.3. The molecule has 3 aromatic carbocycles. The summed E-state index contributed by atoms with van der Waals surface area (Å²) in [5, 5.41) is 3.86. The van der Waals surface area contributed by atoms with Crippen LogP contribution in [0.15, 0.2) is 78.9 Å². The summed E-state index contributed by atoms with van der Waals surface area (Å²) in [5.74, 6) is 0.858. The molecule has 1 N–H and O–H groups in total. The van der Waals surface area contributed by atoms with Gasteiger partial charge in [0, 0.05) is 49.0 Å². The van der Waals surface area contributed by atoms with Crippen LogP contribution in [0.3, 0.4) is 0 Å². The Balaban J connectivity index is 1.25. The fraction of sp³-hybridized carbons (Fsp3) is 0.296. The summed E-state index contributed by atoms with van der Waals surface area (Å²) in [6, 6.07) is 25.3. The number of carbonyl (C=O) groups is 1. The molecule has 1 heterocycles. The monoisotopic (exact) mass is 463 g/mol. The first-order valence-corrected chi connectivity index (χ1v) is 11.8. The van der Waals surface area contributed by atoms with Crippen molar-refractivity contribution in [2.75, 3.05) is 44.6 Å². The molecular formula is C27H30ClN3O2. The minimum absolute atomic E-state index is 0.0258. The number of para-hydroxylation sites is 1. The molecule has 0 saturated carbocycles. The van der Waals surface area contributed by atoms with Gasteiger partial charge in [0.1, 0.15) is 12.4 Å². The van der Waals surface area contributed by atoms with Crippen molar-refractivity contribution >= 4 is 23.2 Å². The Bertz CT molecular complexity index is 1030. The second-order valence-electron chi connectivity index (χ2n) is 8.26. The molecule has 1 amide bonds. The number of rotatable bonds is 8. The Morgan fingerprint density at radius 2 is 1.61 bits per heavy atom. The summed E-state index contributed by atoms with van der Waals surface area (Å²) < 4.78 is 5.81. The van der Waals surface area contributed by atoms with Crippen LogP contribution in [0.25, 0.3) is 11.1 Å². The number of piperazine rings is 1. The summed E-state index contributed by atoms with van der Waals surface area (Å²) in [6.07, 6.45) is 0. The molecule has 33 heavy (non-hydrogen) atoms. The lowest BCUT2D eigenvalue weighted by Crippen LogP contribution is -2.53. The van der Waals surface area contributed by atoms with Gasteiger partial charge in [-0.15, -0.1) is 0 Å². The van der Waals surface area contributed by atoms with Gasteiger partial charge >= 0.3 is 0 Å². The molecule has 1 unspecified atom stereocenters. The minimum atomic E-state index is -0.193. The van der Waals surface area contributed by atoms with Crippen molar-refractivity contribution in [3.8, 4) is 16.9 Å². The molecule has 0 aliphatic carbocycles. The molecule has 1 saturated heterocycles. The highest BCUT2D eigenvalue weighted by atomic mass is 35.5. The zero-order chi connectivity index (χ0) is 23.0. The highest BCUT2D eigenvalue weighted by Gasteiger charge is 2.26. The number of hydrogen-bond acceptors (Lipinski definition) is 4. The summed E-state index contributed by atoms with van der Waals surface area (Å²) in [5.41, 5.74) is 2.97. The van der Waals surface area contributed by atoms with E-state index < -0.39 is 0 Å². The quantitative estimate of drug-likeness (QED) is 0.509. The van der Waals surface area contributed by atoms with Gasteiger partial charge in [0.2, 0.25) is 5.91 Å². The Morgan fingerprint density at radius 1 is 0.939 bits per heavy atom. The van der Waals surface area contributed by atoms with E-state index in [2.05, 4.69) is 27.2 Å². The molecule has 0 bridgehead atoms. The van der Waals surface area contributed by atoms with Gasteiger partial charge in [0.05, 0.1) is 6.04 Å². The third kappa shape index (κ3) is 6.35. The van der Waals surface area contributed by atoms with Crippen LogP contribution in [-0.2, 0) is 4.79 Å². The van der Waals surface area contributed by atoms with E-state index in [1.165, 1.54) is 0 Å². The van der Waals surface area contributed by atoms with Crippen LogP contribution in [0.1, 0.15) is 6.92 Å². The molecular weight excluding hydrogens is 434 g/mol. The second-order valence-corrected chi connectivity index (χ2v) is 8.69. The second kappa shape index (κ2) is 11.3. The van der Waals surface area contributed by atoms with Crippen molar-refractivity contribution in [2.45, 2.75) is 13.0 Å². The molecule has 0 radical (unpaired) electrons. The summed E-state index contributed by atoms with van der Waals surface area (Å²) in [6.45, 7) is 7.03. The largest absolute Gasteiger partial charge is 0.492 e. The van der Waals surface area contributed by atoms with E-state index in [1.54, 1.807) is 0 Å². The van der Waals surface area contributed by atoms with Crippen molar-refractivity contribution in [2.24, 2.45) is 0 Å². The molecule has 4 rings (SSSR count). The number of ether oxygens (including phenoxy) is 1. The molecule has 3 aromatic rings. The lowest BCUT2D eigenvalue weighted by Gasteiger charge is -2.37. The van der Waals surface area contributed by atoms with Crippen molar-refractivity contribution in [1.82, 2.24) is 9.80 Å². The molecule has 6 heteroatoms. The number of hydrogen-bond donors (Lipinski definition) is 1. The number of nitrogens with one attached hydrogen (secondary N) is 1. The van der Waals surface area contributed by atoms with Gasteiger partial charge in [-0.3, -0.25) is 14.6 Å². The van der Waals surface area contributed by atoms with E-state index >= 15 is 0 Å². The Labute approximate surface area is 200 Å². The zero-order valence-corrected chi connectivity index (χ0v) is 19.7. The molecule has 5 nitrogen and oxygen atoms in total. The third-order valence-corrected chi connectivity index (χ3v) is 6.35. The fourth-order valence-electron chi connectivity index (χ4n) is 4.06. The van der Waals surface area contributed by atoms with E-state index in [4.69, 9.17) is 16.3 Å². The van der Waals surface area contributed by atoms with Crippen molar-refractivity contribution < 1.29 is 9.53 Å². The Hall–Kier alpha value is -2.86. The van der Waals surface area contributed by atoms with Crippen LogP contribution in [-0.4, -0.2) is 61.1 Å². The fourth-order valence-corrected chi connectivity index (χ4v) is 4.19. The van der Waals surface area contributed by atoms with Crippen LogP contribution >= 0.6 is 11.6 Å². The van der Waals surface area contributed by atoms with E-state index in [0.717, 1.165) is 55.3 Å². The Morgan fingerprint density at radius 3 is 2.33 bits per heavy atom. The summed E-state index contributed by atoms with van der Waals surface area (Å²) >= 11 is 5.91. The highest BCUT2D eigenvalue weighted by molar-refractivity contribution is 6.30. The van der Waals surface area contributed by atoms with Crippen LogP contribution in [0.2, 0.25) is 5.02 Å². The first-order chi connectivity index (χ1) is 16.1. The predicted molar refractivity (Wildman–Crippen MR) is 135 cm³/mol. The lowest BCUT2D eigenvalue weighted by atomic mass is 10.0. The number of halogens is 1. The Kier molecular flexibility index (Phi) is 8.00. The number of amides is 1. The molecule has 0 aromatic heterocycles. The zero-order valence-electron chi connectivity index (χ0n) is 18.9. The standard InChI is InChI=1S/C27H30ClN3O2/c1-21(27(32)29-26-10-6-5-9-25(26)22-7-3-2-4-8-22)31-17-15-30(16-18-31)19-20-33-24-13-11-23(28)12-14-24/h2-14,21H,15-20H2,1H3,(H,29,32). The van der Waals surface area contributed by atoms with Gasteiger partial charge in [-0.25, -0.2) is 0 Å². The molecule has 1 aliphatic rings. The summed E-state index contributed by atoms with van der Waals surface area (Å²) in [7, 11) is 0. The maximum absolute atomic E-state index is 13.0. The van der Waals surface area contributed by atoms with Gasteiger partial charge in [-0.05, 0) is 42.8 Å². The van der Waals surface area contributed by atoms with Crippen LogP contribution in [0.5, 0.6) is 5.75 Å². The number of benzene rings is 3. The molecule has 1 aliphatic heterocycles. The highest BCUT2D eigenvalue weighted by Crippen LogP contribution is 2.27. The average Bonchev–Trinajstić information content (AvgIpc) is 2.86. The van der Waals surface area contributed by atoms with E-state index in [-0.39, 0.29) is 11.9 Å². The SMILES string of the molecule is CC(C(=O)Nc1ccccc1-c1ccccc1)N1CCN(CCOc2ccc(Cl)cc2)CC1. The average molecular weight is 464 g/mol. The molecule has 0 spiro atoms. The van der Waals surface area contributed by atoms with Gasteiger partial charge in [0.15, 0.2) is 0 Å². The minimum Gasteiger partial charge on any atom is -0.492 e. The topological polar surface area (TPSA) is 44.8 Å². The molecule has 1 fully saturated rings. The smallest absolute Gasteiger partial charge is 0.241 e. The first-order valence-electron chi connectivity index (χ1n) is 11.4. The third-order valence-electron chi connectivity index (χ3n) is 6.09. The number of nitrogens with zero attached hydrogens (tertiary/aromatic N) is 2. The molecule has 1 atom stereocenters. The van der Waals surface area contributed by atoms with Crippen LogP contribution < -0.4 is 10.1 Å².